The Hall–Kier alpha value is -4.44. The summed E-state index contributed by atoms with van der Waals surface area (Å²) < 4.78 is 37.7. The summed E-state index contributed by atoms with van der Waals surface area (Å²) in [5.41, 5.74) is 6.69. The predicted molar refractivity (Wildman–Crippen MR) is 141 cm³/mol. The molecule has 10 heteroatoms. The highest BCUT2D eigenvalue weighted by molar-refractivity contribution is 7.90. The molecule has 0 saturated heterocycles. The zero-order valence-corrected chi connectivity index (χ0v) is 20.6. The van der Waals surface area contributed by atoms with Crippen LogP contribution in [0, 0.1) is 5.82 Å². The zero-order chi connectivity index (χ0) is 25.6. The van der Waals surface area contributed by atoms with Crippen LogP contribution in [0.5, 0.6) is 0 Å². The van der Waals surface area contributed by atoms with Crippen LogP contribution in [-0.4, -0.2) is 50.6 Å². The van der Waals surface area contributed by atoms with Gasteiger partial charge in [-0.2, -0.15) is 5.10 Å². The molecule has 0 aliphatic rings. The van der Waals surface area contributed by atoms with Gasteiger partial charge in [-0.15, -0.1) is 0 Å². The first-order chi connectivity index (χ1) is 17.8. The van der Waals surface area contributed by atoms with E-state index < -0.39 is 15.7 Å². The number of halogens is 1. The van der Waals surface area contributed by atoms with Crippen LogP contribution in [0.15, 0.2) is 73.3 Å². The number of pyridine rings is 3. The third kappa shape index (κ3) is 4.58. The van der Waals surface area contributed by atoms with Crippen LogP contribution >= 0.6 is 0 Å². The van der Waals surface area contributed by atoms with Gasteiger partial charge in [0.2, 0.25) is 0 Å². The van der Waals surface area contributed by atoms with Gasteiger partial charge in [0.05, 0.1) is 22.8 Å². The Bertz CT molecular complexity index is 1880. The van der Waals surface area contributed by atoms with Crippen molar-refractivity contribution in [2.75, 3.05) is 12.0 Å². The highest BCUT2D eigenvalue weighted by Gasteiger charge is 2.16. The number of aromatic nitrogens is 6. The second-order valence-electron chi connectivity index (χ2n) is 8.96. The van der Waals surface area contributed by atoms with Gasteiger partial charge < -0.3 is 4.98 Å². The van der Waals surface area contributed by atoms with Crippen LogP contribution in [0.25, 0.3) is 55.7 Å². The van der Waals surface area contributed by atoms with Gasteiger partial charge in [0.1, 0.15) is 15.7 Å². The summed E-state index contributed by atoms with van der Waals surface area (Å²) in [6, 6.07) is 14.2. The zero-order valence-electron chi connectivity index (χ0n) is 19.7. The second-order valence-corrected chi connectivity index (χ2v) is 11.2. The number of benzene rings is 1. The number of aromatic amines is 2. The van der Waals surface area contributed by atoms with Crippen LogP contribution in [0.4, 0.5) is 4.39 Å². The van der Waals surface area contributed by atoms with E-state index in [4.69, 9.17) is 0 Å². The summed E-state index contributed by atoms with van der Waals surface area (Å²) in [7, 11) is -3.17. The normalized spacial score (nSPS) is 11.9. The molecule has 0 aliphatic carbocycles. The number of nitrogens with zero attached hydrogens (tertiary/aromatic N) is 4. The Morgan fingerprint density at radius 2 is 1.73 bits per heavy atom. The molecule has 0 atom stereocenters. The number of sulfone groups is 1. The number of H-pyrrole nitrogens is 2. The first-order valence-electron chi connectivity index (χ1n) is 11.5. The van der Waals surface area contributed by atoms with E-state index in [-0.39, 0.29) is 12.2 Å². The van der Waals surface area contributed by atoms with E-state index >= 15 is 0 Å². The molecule has 6 rings (SSSR count). The molecule has 0 fully saturated rings. The minimum absolute atomic E-state index is 0.0513. The molecule has 8 nitrogen and oxygen atoms in total. The van der Waals surface area contributed by atoms with Gasteiger partial charge in [-0.25, -0.2) is 17.8 Å². The molecule has 0 bridgehead atoms. The lowest BCUT2D eigenvalue weighted by Gasteiger charge is -2.07. The monoisotopic (exact) mass is 512 g/mol. The van der Waals surface area contributed by atoms with E-state index in [0.29, 0.717) is 22.5 Å². The number of fused-ring (bicyclic) bond motifs is 2. The van der Waals surface area contributed by atoms with Gasteiger partial charge in [0.25, 0.3) is 0 Å². The molecule has 0 spiro atoms. The Balaban J connectivity index is 1.44. The average molecular weight is 513 g/mol. The van der Waals surface area contributed by atoms with E-state index in [2.05, 4.69) is 30.1 Å². The van der Waals surface area contributed by atoms with Crippen LogP contribution in [0.2, 0.25) is 0 Å². The van der Waals surface area contributed by atoms with Crippen molar-refractivity contribution >= 4 is 31.8 Å². The molecular formula is C27H21FN6O2S. The van der Waals surface area contributed by atoms with Crippen molar-refractivity contribution in [1.29, 1.82) is 0 Å². The van der Waals surface area contributed by atoms with Crippen molar-refractivity contribution in [3.05, 3.63) is 84.7 Å². The maximum absolute atomic E-state index is 14.5. The fourth-order valence-electron chi connectivity index (χ4n) is 4.46. The Kier molecular flexibility index (Phi) is 5.53. The molecule has 0 aliphatic heterocycles. The fraction of sp³-hybridized carbons (Fsp3) is 0.111. The fourth-order valence-corrected chi connectivity index (χ4v) is 5.07. The van der Waals surface area contributed by atoms with Gasteiger partial charge >= 0.3 is 0 Å². The lowest BCUT2D eigenvalue weighted by Crippen LogP contribution is -2.06. The molecule has 37 heavy (non-hydrogen) atoms. The Morgan fingerprint density at radius 1 is 0.892 bits per heavy atom. The maximum atomic E-state index is 14.5. The molecule has 1 aromatic carbocycles. The van der Waals surface area contributed by atoms with Gasteiger partial charge in [0.15, 0.2) is 5.65 Å². The number of rotatable bonds is 6. The summed E-state index contributed by atoms with van der Waals surface area (Å²) >= 11 is 0. The van der Waals surface area contributed by atoms with Crippen LogP contribution in [0.3, 0.4) is 0 Å². The molecule has 184 valence electrons. The van der Waals surface area contributed by atoms with Crippen molar-refractivity contribution in [1.82, 2.24) is 30.1 Å². The SMILES string of the molecule is CS(=O)(=O)CCc1cc(F)cc(-c2nccc3[nH]c(-c4[nH]nc5ncc(-c6ccncc6)cc45)cc23)c1. The smallest absolute Gasteiger partial charge is 0.181 e. The molecule has 0 saturated carbocycles. The topological polar surface area (TPSA) is 117 Å². The summed E-state index contributed by atoms with van der Waals surface area (Å²) in [5, 5.41) is 9.10. The average Bonchev–Trinajstić information content (AvgIpc) is 3.51. The van der Waals surface area contributed by atoms with E-state index in [0.717, 1.165) is 38.8 Å². The Labute approximate surface area is 211 Å². The summed E-state index contributed by atoms with van der Waals surface area (Å²) in [5.74, 6) is -0.491. The van der Waals surface area contributed by atoms with Gasteiger partial charge in [-0.05, 0) is 66.1 Å². The molecular weight excluding hydrogens is 491 g/mol. The van der Waals surface area contributed by atoms with Crippen molar-refractivity contribution in [2.45, 2.75) is 6.42 Å². The van der Waals surface area contributed by atoms with Crippen molar-refractivity contribution in [2.24, 2.45) is 0 Å². The third-order valence-corrected chi connectivity index (χ3v) is 7.18. The lowest BCUT2D eigenvalue weighted by atomic mass is 10.0. The van der Waals surface area contributed by atoms with Gasteiger partial charge in [-0.1, -0.05) is 0 Å². The van der Waals surface area contributed by atoms with E-state index in [1.165, 1.54) is 18.4 Å². The van der Waals surface area contributed by atoms with Crippen molar-refractivity contribution < 1.29 is 12.8 Å². The Morgan fingerprint density at radius 3 is 2.54 bits per heavy atom. The minimum atomic E-state index is -3.17. The molecule has 5 heterocycles. The third-order valence-electron chi connectivity index (χ3n) is 6.23. The van der Waals surface area contributed by atoms with Crippen molar-refractivity contribution in [3.8, 4) is 33.8 Å². The van der Waals surface area contributed by atoms with Crippen LogP contribution < -0.4 is 0 Å². The van der Waals surface area contributed by atoms with E-state index in [9.17, 15) is 12.8 Å². The lowest BCUT2D eigenvalue weighted by molar-refractivity contribution is 0.600. The molecule has 0 unspecified atom stereocenters. The van der Waals surface area contributed by atoms with Crippen molar-refractivity contribution in [3.63, 3.8) is 0 Å². The highest BCUT2D eigenvalue weighted by atomic mass is 32.2. The molecule has 5 aromatic heterocycles. The summed E-state index contributed by atoms with van der Waals surface area (Å²) in [6.45, 7) is 0. The summed E-state index contributed by atoms with van der Waals surface area (Å²) in [4.78, 5) is 16.5. The first-order valence-corrected chi connectivity index (χ1v) is 13.6. The number of hydrogen-bond acceptors (Lipinski definition) is 6. The van der Waals surface area contributed by atoms with Crippen LogP contribution in [0.1, 0.15) is 5.56 Å². The summed E-state index contributed by atoms with van der Waals surface area (Å²) in [6.07, 6.45) is 8.31. The minimum Gasteiger partial charge on any atom is -0.353 e. The standard InChI is InChI=1S/C27H21FN6O2S/c1-37(35,36)9-5-16-10-18(12-20(28)11-16)25-21-14-24(32-23(21)4-8-30-25)26-22-13-19(15-31-27(22)34-33-26)17-2-6-29-7-3-17/h2-4,6-8,10-15,32H,5,9H2,1H3,(H,31,33,34). The van der Waals surface area contributed by atoms with Gasteiger partial charge in [0, 0.05) is 58.5 Å². The molecule has 0 amide bonds. The largest absolute Gasteiger partial charge is 0.353 e. The van der Waals surface area contributed by atoms with Crippen LogP contribution in [-0.2, 0) is 16.3 Å². The first kappa shape index (κ1) is 23.0. The maximum Gasteiger partial charge on any atom is 0.181 e. The number of hydrogen-bond donors (Lipinski definition) is 2. The second kappa shape index (κ2) is 8.90. The number of nitrogens with one attached hydrogen (secondary N) is 2. The highest BCUT2D eigenvalue weighted by Crippen LogP contribution is 2.34. The quantitative estimate of drug-likeness (QED) is 0.326. The molecule has 2 N–H and O–H groups in total. The van der Waals surface area contributed by atoms with E-state index in [1.54, 1.807) is 30.9 Å². The molecule has 6 aromatic rings. The number of aryl methyl sites for hydroxylation is 1. The van der Waals surface area contributed by atoms with E-state index in [1.807, 2.05) is 30.3 Å². The van der Waals surface area contributed by atoms with Gasteiger partial charge in [-0.3, -0.25) is 15.1 Å². The predicted octanol–water partition coefficient (Wildman–Crippen LogP) is 4.96. The molecule has 0 radical (unpaired) electrons.